The Kier molecular flexibility index (Phi) is 7.85. The van der Waals surface area contributed by atoms with Crippen molar-refractivity contribution < 1.29 is 4.42 Å². The van der Waals surface area contributed by atoms with Gasteiger partial charge >= 0.3 is 0 Å². The number of nitrogens with zero attached hydrogens (tertiary/aromatic N) is 1. The molecule has 54 heavy (non-hydrogen) atoms. The van der Waals surface area contributed by atoms with Crippen LogP contribution in [-0.2, 0) is 0 Å². The molecule has 0 radical (unpaired) electrons. The summed E-state index contributed by atoms with van der Waals surface area (Å²) in [5.41, 5.74) is 14.5. The molecule has 0 fully saturated rings. The average molecular weight is 690 g/mol. The number of hydrogen-bond acceptors (Lipinski definition) is 2. The fourth-order valence-electron chi connectivity index (χ4n) is 7.97. The molecular weight excluding hydrogens is 655 g/mol. The molecule has 0 spiro atoms. The summed E-state index contributed by atoms with van der Waals surface area (Å²) in [5, 5.41) is 4.64. The van der Waals surface area contributed by atoms with Gasteiger partial charge in [-0.05, 0) is 80.6 Å². The topological polar surface area (TPSA) is 16.4 Å². The third-order valence-corrected chi connectivity index (χ3v) is 10.5. The van der Waals surface area contributed by atoms with Gasteiger partial charge < -0.3 is 9.32 Å². The highest BCUT2D eigenvalue weighted by molar-refractivity contribution is 6.10. The Balaban J connectivity index is 1.22. The molecule has 9 aromatic carbocycles. The molecule has 0 N–H and O–H groups in total. The van der Waals surface area contributed by atoms with Crippen LogP contribution in [0.25, 0.3) is 77.2 Å². The molecule has 10 rings (SSSR count). The first-order chi connectivity index (χ1) is 26.8. The molecule has 2 heteroatoms. The lowest BCUT2D eigenvalue weighted by atomic mass is 9.90. The highest BCUT2D eigenvalue weighted by Crippen LogP contribution is 2.48. The lowest BCUT2D eigenvalue weighted by Gasteiger charge is -2.30. The Labute approximate surface area is 314 Å². The maximum atomic E-state index is 6.32. The minimum atomic E-state index is 0.875. The highest BCUT2D eigenvalue weighted by atomic mass is 16.3. The first kappa shape index (κ1) is 31.6. The van der Waals surface area contributed by atoms with Gasteiger partial charge in [-0.3, -0.25) is 0 Å². The van der Waals surface area contributed by atoms with Crippen LogP contribution in [0.2, 0.25) is 0 Å². The number of hydrogen-bond donors (Lipinski definition) is 0. The Morgan fingerprint density at radius 3 is 1.59 bits per heavy atom. The van der Waals surface area contributed by atoms with Crippen LogP contribution >= 0.6 is 0 Å². The molecule has 254 valence electrons. The zero-order chi connectivity index (χ0) is 35.8. The van der Waals surface area contributed by atoms with Gasteiger partial charge in [0.2, 0.25) is 0 Å². The van der Waals surface area contributed by atoms with Crippen molar-refractivity contribution in [3.63, 3.8) is 0 Å². The summed E-state index contributed by atoms with van der Waals surface area (Å²) >= 11 is 0. The van der Waals surface area contributed by atoms with Crippen LogP contribution in [0.1, 0.15) is 0 Å². The van der Waals surface area contributed by atoms with E-state index < -0.39 is 0 Å². The molecule has 10 aromatic rings. The zero-order valence-electron chi connectivity index (χ0n) is 29.6. The summed E-state index contributed by atoms with van der Waals surface area (Å²) < 4.78 is 6.32. The van der Waals surface area contributed by atoms with Gasteiger partial charge in [0.05, 0.1) is 11.4 Å². The van der Waals surface area contributed by atoms with Crippen LogP contribution in [0.15, 0.2) is 217 Å². The van der Waals surface area contributed by atoms with E-state index >= 15 is 0 Å². The van der Waals surface area contributed by atoms with Crippen molar-refractivity contribution >= 4 is 49.8 Å². The quantitative estimate of drug-likeness (QED) is 0.166. The van der Waals surface area contributed by atoms with E-state index in [0.717, 1.165) is 55.7 Å². The molecule has 1 aromatic heterocycles. The standard InChI is InChI=1S/C52H35NO/c1-3-15-36(16-4-1)37-29-31-39(32-30-37)42-21-7-10-26-48(42)53(41-33-34-51-47(35-41)45-23-9-12-28-50(45)54-51)49-27-11-8-22-44(49)46-25-14-20-40-19-13-24-43(52(40)46)38-17-5-2-6-18-38/h1-35H. The largest absolute Gasteiger partial charge is 0.456 e. The molecule has 0 bridgehead atoms. The Hall–Kier alpha value is -7.16. The number of furan rings is 1. The first-order valence-electron chi connectivity index (χ1n) is 18.4. The second kappa shape index (κ2) is 13.4. The van der Waals surface area contributed by atoms with E-state index in [1.165, 1.54) is 38.6 Å². The Morgan fingerprint density at radius 2 is 0.833 bits per heavy atom. The molecule has 2 nitrogen and oxygen atoms in total. The van der Waals surface area contributed by atoms with E-state index in [0.29, 0.717) is 0 Å². The van der Waals surface area contributed by atoms with Gasteiger partial charge in [-0.2, -0.15) is 0 Å². The van der Waals surface area contributed by atoms with Gasteiger partial charge in [0.1, 0.15) is 11.2 Å². The SMILES string of the molecule is c1ccc(-c2ccc(-c3ccccc3N(c3ccc4oc5ccccc5c4c3)c3ccccc3-c3cccc4cccc(-c5ccccc5)c34)cc2)cc1. The molecule has 0 atom stereocenters. The zero-order valence-corrected chi connectivity index (χ0v) is 29.6. The number of anilines is 3. The normalized spacial score (nSPS) is 11.3. The smallest absolute Gasteiger partial charge is 0.135 e. The lowest BCUT2D eigenvalue weighted by molar-refractivity contribution is 0.669. The Bertz CT molecular complexity index is 2920. The van der Waals surface area contributed by atoms with Gasteiger partial charge in [-0.1, -0.05) is 176 Å². The van der Waals surface area contributed by atoms with Gasteiger partial charge in [0.15, 0.2) is 0 Å². The number of para-hydroxylation sites is 3. The predicted molar refractivity (Wildman–Crippen MR) is 228 cm³/mol. The minimum absolute atomic E-state index is 0.875. The Morgan fingerprint density at radius 1 is 0.315 bits per heavy atom. The van der Waals surface area contributed by atoms with Crippen molar-refractivity contribution in [1.82, 2.24) is 0 Å². The number of fused-ring (bicyclic) bond motifs is 4. The average Bonchev–Trinajstić information content (AvgIpc) is 3.63. The van der Waals surface area contributed by atoms with Crippen molar-refractivity contribution in [3.8, 4) is 44.5 Å². The summed E-state index contributed by atoms with van der Waals surface area (Å²) in [6.45, 7) is 0. The number of rotatable bonds is 7. The minimum Gasteiger partial charge on any atom is -0.456 e. The van der Waals surface area contributed by atoms with E-state index in [1.807, 2.05) is 12.1 Å². The van der Waals surface area contributed by atoms with Crippen LogP contribution in [0.4, 0.5) is 17.1 Å². The molecule has 0 aliphatic rings. The summed E-state index contributed by atoms with van der Waals surface area (Å²) in [6, 6.07) is 76.0. The van der Waals surface area contributed by atoms with Crippen molar-refractivity contribution in [2.24, 2.45) is 0 Å². The van der Waals surface area contributed by atoms with E-state index in [-0.39, 0.29) is 0 Å². The van der Waals surface area contributed by atoms with Gasteiger partial charge in [0, 0.05) is 27.6 Å². The van der Waals surface area contributed by atoms with Gasteiger partial charge in [-0.15, -0.1) is 0 Å². The van der Waals surface area contributed by atoms with Crippen LogP contribution in [0.3, 0.4) is 0 Å². The van der Waals surface area contributed by atoms with Crippen molar-refractivity contribution in [3.05, 3.63) is 212 Å². The van der Waals surface area contributed by atoms with Crippen LogP contribution < -0.4 is 4.90 Å². The van der Waals surface area contributed by atoms with Crippen molar-refractivity contribution in [2.75, 3.05) is 4.90 Å². The molecule has 1 heterocycles. The molecule has 0 saturated heterocycles. The molecule has 0 amide bonds. The van der Waals surface area contributed by atoms with Crippen LogP contribution in [0, 0.1) is 0 Å². The molecule has 0 saturated carbocycles. The van der Waals surface area contributed by atoms with E-state index in [2.05, 4.69) is 205 Å². The van der Waals surface area contributed by atoms with Gasteiger partial charge in [0.25, 0.3) is 0 Å². The third-order valence-electron chi connectivity index (χ3n) is 10.5. The van der Waals surface area contributed by atoms with E-state index in [1.54, 1.807) is 0 Å². The predicted octanol–water partition coefficient (Wildman–Crippen LogP) is 14.9. The molecule has 0 unspecified atom stereocenters. The summed E-state index contributed by atoms with van der Waals surface area (Å²) in [5.74, 6) is 0. The summed E-state index contributed by atoms with van der Waals surface area (Å²) in [6.07, 6.45) is 0. The highest BCUT2D eigenvalue weighted by Gasteiger charge is 2.23. The number of benzene rings is 9. The molecule has 0 aliphatic heterocycles. The lowest BCUT2D eigenvalue weighted by Crippen LogP contribution is -2.12. The second-order valence-corrected chi connectivity index (χ2v) is 13.7. The monoisotopic (exact) mass is 689 g/mol. The second-order valence-electron chi connectivity index (χ2n) is 13.7. The maximum absolute atomic E-state index is 6.32. The molecule has 0 aliphatic carbocycles. The fraction of sp³-hybridized carbons (Fsp3) is 0. The summed E-state index contributed by atoms with van der Waals surface area (Å²) in [7, 11) is 0. The van der Waals surface area contributed by atoms with Crippen LogP contribution in [0.5, 0.6) is 0 Å². The maximum Gasteiger partial charge on any atom is 0.135 e. The fourth-order valence-corrected chi connectivity index (χ4v) is 7.97. The third kappa shape index (κ3) is 5.53. The van der Waals surface area contributed by atoms with E-state index in [4.69, 9.17) is 4.42 Å². The summed E-state index contributed by atoms with van der Waals surface area (Å²) in [4.78, 5) is 2.43. The molecular formula is C52H35NO. The van der Waals surface area contributed by atoms with Gasteiger partial charge in [-0.25, -0.2) is 0 Å². The van der Waals surface area contributed by atoms with Crippen LogP contribution in [-0.4, -0.2) is 0 Å². The van der Waals surface area contributed by atoms with Crippen molar-refractivity contribution in [2.45, 2.75) is 0 Å². The van der Waals surface area contributed by atoms with E-state index in [9.17, 15) is 0 Å². The first-order valence-corrected chi connectivity index (χ1v) is 18.4. The van der Waals surface area contributed by atoms with Crippen molar-refractivity contribution in [1.29, 1.82) is 0 Å².